The lowest BCUT2D eigenvalue weighted by Gasteiger charge is -2.13. The number of hydrogen-bond acceptors (Lipinski definition) is 2. The molecule has 0 heterocycles. The zero-order valence-electron chi connectivity index (χ0n) is 10.9. The number of para-hydroxylation sites is 1. The topological polar surface area (TPSA) is 35.2 Å². The molecule has 0 saturated carbocycles. The molecule has 0 aliphatic carbocycles. The summed E-state index contributed by atoms with van der Waals surface area (Å²) in [5.74, 6) is 0.928. The van der Waals surface area contributed by atoms with Crippen molar-refractivity contribution in [3.8, 4) is 16.9 Å². The first kappa shape index (κ1) is 12.7. The monoisotopic (exact) mass is 241 g/mol. The smallest absolute Gasteiger partial charge is 0.127 e. The average Bonchev–Trinajstić information content (AvgIpc) is 2.41. The lowest BCUT2D eigenvalue weighted by atomic mass is 9.97. The van der Waals surface area contributed by atoms with Crippen LogP contribution in [0.15, 0.2) is 42.5 Å². The maximum atomic E-state index is 5.71. The molecule has 2 nitrogen and oxygen atoms in total. The predicted octanol–water partition coefficient (Wildman–Crippen LogP) is 3.52. The standard InChI is InChI=1S/C16H19NO/c1-3-18-16-7-5-4-6-14(16)15-10-13(11-17)9-8-12(15)2/h4-10H,3,11,17H2,1-2H3. The van der Waals surface area contributed by atoms with Gasteiger partial charge in [0.15, 0.2) is 0 Å². The molecular formula is C16H19NO. The van der Waals surface area contributed by atoms with Gasteiger partial charge in [-0.2, -0.15) is 0 Å². The van der Waals surface area contributed by atoms with E-state index in [1.165, 1.54) is 11.1 Å². The minimum absolute atomic E-state index is 0.560. The molecule has 0 aromatic heterocycles. The van der Waals surface area contributed by atoms with Crippen molar-refractivity contribution in [2.75, 3.05) is 6.61 Å². The molecule has 94 valence electrons. The van der Waals surface area contributed by atoms with Crippen molar-refractivity contribution in [2.45, 2.75) is 20.4 Å². The van der Waals surface area contributed by atoms with Crippen molar-refractivity contribution >= 4 is 0 Å². The van der Waals surface area contributed by atoms with Crippen molar-refractivity contribution in [2.24, 2.45) is 5.73 Å². The fraction of sp³-hybridized carbons (Fsp3) is 0.250. The second-order valence-electron chi connectivity index (χ2n) is 4.28. The van der Waals surface area contributed by atoms with E-state index < -0.39 is 0 Å². The van der Waals surface area contributed by atoms with Gasteiger partial charge in [-0.05, 0) is 42.7 Å². The summed E-state index contributed by atoms with van der Waals surface area (Å²) in [6.45, 7) is 5.34. The Balaban J connectivity index is 2.53. The third-order valence-electron chi connectivity index (χ3n) is 3.01. The Morgan fingerprint density at radius 3 is 2.56 bits per heavy atom. The molecule has 0 aliphatic rings. The van der Waals surface area contributed by atoms with Crippen LogP contribution in [0.3, 0.4) is 0 Å². The summed E-state index contributed by atoms with van der Waals surface area (Å²) in [4.78, 5) is 0. The molecular weight excluding hydrogens is 222 g/mol. The third-order valence-corrected chi connectivity index (χ3v) is 3.01. The first-order valence-corrected chi connectivity index (χ1v) is 6.28. The Kier molecular flexibility index (Phi) is 4.00. The number of aryl methyl sites for hydroxylation is 1. The summed E-state index contributed by atoms with van der Waals surface area (Å²) < 4.78 is 5.69. The molecule has 0 aliphatic heterocycles. The number of benzene rings is 2. The number of nitrogens with two attached hydrogens (primary N) is 1. The average molecular weight is 241 g/mol. The van der Waals surface area contributed by atoms with E-state index in [9.17, 15) is 0 Å². The maximum Gasteiger partial charge on any atom is 0.127 e. The van der Waals surface area contributed by atoms with Crippen molar-refractivity contribution in [1.29, 1.82) is 0 Å². The van der Waals surface area contributed by atoms with Crippen LogP contribution >= 0.6 is 0 Å². The highest BCUT2D eigenvalue weighted by Gasteiger charge is 2.08. The molecule has 0 radical (unpaired) electrons. The van der Waals surface area contributed by atoms with Gasteiger partial charge in [0.1, 0.15) is 5.75 Å². The van der Waals surface area contributed by atoms with Crippen LogP contribution in [0.4, 0.5) is 0 Å². The molecule has 0 saturated heterocycles. The van der Waals surface area contributed by atoms with Crippen molar-refractivity contribution in [3.05, 3.63) is 53.6 Å². The largest absolute Gasteiger partial charge is 0.493 e. The van der Waals surface area contributed by atoms with E-state index in [0.717, 1.165) is 16.9 Å². The van der Waals surface area contributed by atoms with E-state index in [1.807, 2.05) is 25.1 Å². The van der Waals surface area contributed by atoms with E-state index >= 15 is 0 Å². The molecule has 2 aromatic carbocycles. The van der Waals surface area contributed by atoms with Gasteiger partial charge in [0.25, 0.3) is 0 Å². The highest BCUT2D eigenvalue weighted by Crippen LogP contribution is 2.32. The number of rotatable bonds is 4. The Morgan fingerprint density at radius 1 is 1.06 bits per heavy atom. The molecule has 0 atom stereocenters. The van der Waals surface area contributed by atoms with Gasteiger partial charge in [-0.3, -0.25) is 0 Å². The summed E-state index contributed by atoms with van der Waals surface area (Å²) in [7, 11) is 0. The second-order valence-corrected chi connectivity index (χ2v) is 4.28. The summed E-state index contributed by atoms with van der Waals surface area (Å²) >= 11 is 0. The third kappa shape index (κ3) is 2.54. The molecule has 0 amide bonds. The highest BCUT2D eigenvalue weighted by atomic mass is 16.5. The van der Waals surface area contributed by atoms with Crippen LogP contribution in [0.25, 0.3) is 11.1 Å². The van der Waals surface area contributed by atoms with E-state index in [2.05, 4.69) is 31.2 Å². The highest BCUT2D eigenvalue weighted by molar-refractivity contribution is 5.73. The molecule has 2 N–H and O–H groups in total. The fourth-order valence-electron chi connectivity index (χ4n) is 2.06. The van der Waals surface area contributed by atoms with Gasteiger partial charge in [0.05, 0.1) is 6.61 Å². The van der Waals surface area contributed by atoms with Gasteiger partial charge in [-0.15, -0.1) is 0 Å². The minimum Gasteiger partial charge on any atom is -0.493 e. The van der Waals surface area contributed by atoms with Crippen LogP contribution < -0.4 is 10.5 Å². The van der Waals surface area contributed by atoms with Gasteiger partial charge >= 0.3 is 0 Å². The molecule has 2 rings (SSSR count). The first-order chi connectivity index (χ1) is 8.76. The second kappa shape index (κ2) is 5.69. The number of hydrogen-bond donors (Lipinski definition) is 1. The van der Waals surface area contributed by atoms with Crippen molar-refractivity contribution in [3.63, 3.8) is 0 Å². The Bertz CT molecular complexity index is 534. The summed E-state index contributed by atoms with van der Waals surface area (Å²) in [6, 6.07) is 14.5. The molecule has 0 fully saturated rings. The molecule has 2 aromatic rings. The molecule has 0 spiro atoms. The maximum absolute atomic E-state index is 5.71. The SMILES string of the molecule is CCOc1ccccc1-c1cc(CN)ccc1C. The first-order valence-electron chi connectivity index (χ1n) is 6.28. The van der Waals surface area contributed by atoms with Crippen LogP contribution in [0.2, 0.25) is 0 Å². The van der Waals surface area contributed by atoms with Crippen LogP contribution in [-0.4, -0.2) is 6.61 Å². The Morgan fingerprint density at radius 2 is 1.83 bits per heavy atom. The van der Waals surface area contributed by atoms with E-state index in [4.69, 9.17) is 10.5 Å². The van der Waals surface area contributed by atoms with Gasteiger partial charge < -0.3 is 10.5 Å². The van der Waals surface area contributed by atoms with Crippen LogP contribution in [0, 0.1) is 6.92 Å². The molecule has 2 heteroatoms. The molecule has 18 heavy (non-hydrogen) atoms. The predicted molar refractivity (Wildman–Crippen MR) is 75.7 cm³/mol. The van der Waals surface area contributed by atoms with Gasteiger partial charge in [-0.25, -0.2) is 0 Å². The van der Waals surface area contributed by atoms with E-state index in [1.54, 1.807) is 0 Å². The summed E-state index contributed by atoms with van der Waals surface area (Å²) in [6.07, 6.45) is 0. The molecule has 0 bridgehead atoms. The minimum atomic E-state index is 0.560. The lowest BCUT2D eigenvalue weighted by molar-refractivity contribution is 0.341. The zero-order chi connectivity index (χ0) is 13.0. The zero-order valence-corrected chi connectivity index (χ0v) is 10.9. The van der Waals surface area contributed by atoms with Crippen LogP contribution in [0.5, 0.6) is 5.75 Å². The number of ether oxygens (including phenoxy) is 1. The fourth-order valence-corrected chi connectivity index (χ4v) is 2.06. The van der Waals surface area contributed by atoms with Crippen molar-refractivity contribution < 1.29 is 4.74 Å². The quantitative estimate of drug-likeness (QED) is 0.889. The van der Waals surface area contributed by atoms with Gasteiger partial charge in [0.2, 0.25) is 0 Å². The summed E-state index contributed by atoms with van der Waals surface area (Å²) in [5, 5.41) is 0. The Hall–Kier alpha value is -1.80. The van der Waals surface area contributed by atoms with Crippen LogP contribution in [-0.2, 0) is 6.54 Å². The van der Waals surface area contributed by atoms with E-state index in [-0.39, 0.29) is 0 Å². The van der Waals surface area contributed by atoms with E-state index in [0.29, 0.717) is 13.2 Å². The normalized spacial score (nSPS) is 10.4. The van der Waals surface area contributed by atoms with Crippen molar-refractivity contribution in [1.82, 2.24) is 0 Å². The Labute approximate surface area is 108 Å². The van der Waals surface area contributed by atoms with Gasteiger partial charge in [-0.1, -0.05) is 30.3 Å². The summed E-state index contributed by atoms with van der Waals surface area (Å²) in [5.41, 5.74) is 10.4. The van der Waals surface area contributed by atoms with Crippen LogP contribution in [0.1, 0.15) is 18.1 Å². The van der Waals surface area contributed by atoms with Gasteiger partial charge in [0, 0.05) is 12.1 Å². The molecule has 0 unspecified atom stereocenters. The lowest BCUT2D eigenvalue weighted by Crippen LogP contribution is -1.98.